The Morgan fingerprint density at radius 3 is 2.06 bits per heavy atom. The minimum absolute atomic E-state index is 0.0292. The van der Waals surface area contributed by atoms with Crippen LogP contribution in [-0.4, -0.2) is 49.2 Å². The van der Waals surface area contributed by atoms with Crippen molar-refractivity contribution in [1.82, 2.24) is 10.2 Å². The van der Waals surface area contributed by atoms with Gasteiger partial charge < -0.3 is 15.0 Å². The third-order valence-electron chi connectivity index (χ3n) is 8.51. The van der Waals surface area contributed by atoms with Crippen LogP contribution in [0.5, 0.6) is 5.75 Å². The number of ether oxygens (including phenoxy) is 1. The molecule has 0 spiro atoms. The number of methoxy groups -OCH3 is 1. The summed E-state index contributed by atoms with van der Waals surface area (Å²) >= 11 is 0. The lowest BCUT2D eigenvalue weighted by molar-refractivity contribution is -0.148. The number of rotatable bonds is 6. The number of hydrogen-bond donors (Lipinski definition) is 1. The number of carbonyl (C=O) groups is 3. The maximum Gasteiger partial charge on any atom is 0.241 e. The highest BCUT2D eigenvalue weighted by atomic mass is 16.5. The van der Waals surface area contributed by atoms with E-state index in [1.165, 1.54) is 19.3 Å². The summed E-state index contributed by atoms with van der Waals surface area (Å²) in [6.07, 6.45) is 8.27. The molecule has 4 bridgehead atoms. The smallest absolute Gasteiger partial charge is 0.241 e. The third-order valence-corrected chi connectivity index (χ3v) is 8.51. The normalized spacial score (nSPS) is 31.4. The van der Waals surface area contributed by atoms with Gasteiger partial charge in [0.15, 0.2) is 5.78 Å². The topological polar surface area (TPSA) is 75.7 Å². The van der Waals surface area contributed by atoms with E-state index in [0.717, 1.165) is 25.0 Å². The zero-order valence-corrected chi connectivity index (χ0v) is 19.0. The second kappa shape index (κ2) is 8.53. The minimum atomic E-state index is -0.215. The van der Waals surface area contributed by atoms with Crippen LogP contribution in [-0.2, 0) is 9.59 Å². The van der Waals surface area contributed by atoms with Crippen molar-refractivity contribution in [2.45, 2.75) is 51.4 Å². The molecule has 32 heavy (non-hydrogen) atoms. The van der Waals surface area contributed by atoms with Crippen molar-refractivity contribution < 1.29 is 19.1 Å². The molecule has 0 radical (unpaired) electrons. The lowest BCUT2D eigenvalue weighted by Crippen LogP contribution is -2.55. The third kappa shape index (κ3) is 4.04. The van der Waals surface area contributed by atoms with Crippen molar-refractivity contribution in [3.8, 4) is 5.75 Å². The van der Waals surface area contributed by atoms with Crippen molar-refractivity contribution in [3.05, 3.63) is 29.8 Å². The van der Waals surface area contributed by atoms with E-state index in [2.05, 4.69) is 5.32 Å². The Morgan fingerprint density at radius 1 is 0.969 bits per heavy atom. The highest BCUT2D eigenvalue weighted by Crippen LogP contribution is 2.60. The van der Waals surface area contributed by atoms with Crippen LogP contribution in [0, 0.1) is 29.1 Å². The average Bonchev–Trinajstić information content (AvgIpc) is 2.81. The number of likely N-dealkylation sites (tertiary alicyclic amines) is 1. The van der Waals surface area contributed by atoms with Crippen molar-refractivity contribution in [1.29, 1.82) is 0 Å². The zero-order chi connectivity index (χ0) is 22.3. The monoisotopic (exact) mass is 438 g/mol. The molecule has 0 aromatic heterocycles. The quantitative estimate of drug-likeness (QED) is 0.691. The maximum absolute atomic E-state index is 13.1. The molecule has 6 rings (SSSR count). The summed E-state index contributed by atoms with van der Waals surface area (Å²) in [7, 11) is 1.61. The predicted octanol–water partition coefficient (Wildman–Crippen LogP) is 3.45. The number of amides is 2. The van der Waals surface area contributed by atoms with Gasteiger partial charge in [-0.05, 0) is 93.4 Å². The minimum Gasteiger partial charge on any atom is -0.497 e. The van der Waals surface area contributed by atoms with Gasteiger partial charge in [0, 0.05) is 30.0 Å². The standard InChI is InChI=1S/C26H34N2O4/c1-32-22-4-2-20(3-5-22)24(30)21-6-8-28(9-7-21)23(29)16-27-25(31)26-13-17-10-18(14-26)12-19(11-17)15-26/h2-5,17-19,21H,6-16H2,1H3,(H,27,31). The molecule has 1 aliphatic heterocycles. The Bertz CT molecular complexity index is 850. The summed E-state index contributed by atoms with van der Waals surface area (Å²) in [5, 5.41) is 3.00. The second-order valence-corrected chi connectivity index (χ2v) is 10.6. The van der Waals surface area contributed by atoms with E-state index < -0.39 is 0 Å². The average molecular weight is 439 g/mol. The molecule has 4 saturated carbocycles. The van der Waals surface area contributed by atoms with Gasteiger partial charge in [-0.2, -0.15) is 0 Å². The fraction of sp³-hybridized carbons (Fsp3) is 0.654. The van der Waals surface area contributed by atoms with Crippen molar-refractivity contribution in [2.75, 3.05) is 26.7 Å². The first-order chi connectivity index (χ1) is 15.5. The Labute approximate surface area is 190 Å². The highest BCUT2D eigenvalue weighted by molar-refractivity contribution is 5.98. The van der Waals surface area contributed by atoms with E-state index in [1.54, 1.807) is 36.3 Å². The molecule has 6 heteroatoms. The van der Waals surface area contributed by atoms with E-state index in [4.69, 9.17) is 4.74 Å². The first-order valence-electron chi connectivity index (χ1n) is 12.2. The van der Waals surface area contributed by atoms with Gasteiger partial charge in [0.1, 0.15) is 5.75 Å². The van der Waals surface area contributed by atoms with Gasteiger partial charge in [0.05, 0.1) is 13.7 Å². The summed E-state index contributed by atoms with van der Waals surface area (Å²) in [5.41, 5.74) is 0.478. The molecular weight excluding hydrogens is 404 g/mol. The van der Waals surface area contributed by atoms with E-state index in [-0.39, 0.29) is 35.5 Å². The number of piperidine rings is 1. The van der Waals surface area contributed by atoms with E-state index in [0.29, 0.717) is 49.2 Å². The molecule has 6 nitrogen and oxygen atoms in total. The first kappa shape index (κ1) is 21.5. The highest BCUT2D eigenvalue weighted by Gasteiger charge is 2.54. The Hall–Kier alpha value is -2.37. The van der Waals surface area contributed by atoms with Crippen LogP contribution in [0.15, 0.2) is 24.3 Å². The van der Waals surface area contributed by atoms with Gasteiger partial charge in [-0.3, -0.25) is 14.4 Å². The van der Waals surface area contributed by atoms with Gasteiger partial charge >= 0.3 is 0 Å². The second-order valence-electron chi connectivity index (χ2n) is 10.6. The summed E-state index contributed by atoms with van der Waals surface area (Å²) < 4.78 is 5.16. The largest absolute Gasteiger partial charge is 0.497 e. The summed E-state index contributed by atoms with van der Waals surface area (Å²) in [6.45, 7) is 1.22. The predicted molar refractivity (Wildman–Crippen MR) is 120 cm³/mol. The van der Waals surface area contributed by atoms with Gasteiger partial charge in [-0.25, -0.2) is 0 Å². The van der Waals surface area contributed by atoms with Crippen molar-refractivity contribution >= 4 is 17.6 Å². The number of Topliss-reactive ketones (excluding diaryl/α,β-unsaturated/α-hetero) is 1. The molecule has 1 aromatic carbocycles. The molecule has 172 valence electrons. The van der Waals surface area contributed by atoms with Gasteiger partial charge in [0.2, 0.25) is 11.8 Å². The SMILES string of the molecule is COc1ccc(C(=O)C2CCN(C(=O)CNC(=O)C34CC5CC(CC(C5)C3)C4)CC2)cc1. The molecule has 5 aliphatic rings. The number of nitrogens with zero attached hydrogens (tertiary/aromatic N) is 1. The molecule has 1 N–H and O–H groups in total. The lowest BCUT2D eigenvalue weighted by Gasteiger charge is -2.55. The van der Waals surface area contributed by atoms with Crippen LogP contribution in [0.3, 0.4) is 0 Å². The van der Waals surface area contributed by atoms with Crippen LogP contribution in [0.4, 0.5) is 0 Å². The molecular formula is C26H34N2O4. The molecule has 0 unspecified atom stereocenters. The Morgan fingerprint density at radius 2 is 1.53 bits per heavy atom. The molecule has 0 atom stereocenters. The van der Waals surface area contributed by atoms with E-state index >= 15 is 0 Å². The molecule has 5 fully saturated rings. The Balaban J connectivity index is 1.10. The lowest BCUT2D eigenvalue weighted by atomic mass is 9.49. The molecule has 1 aromatic rings. The van der Waals surface area contributed by atoms with Crippen LogP contribution in [0.1, 0.15) is 61.7 Å². The van der Waals surface area contributed by atoms with Gasteiger partial charge in [-0.15, -0.1) is 0 Å². The van der Waals surface area contributed by atoms with Gasteiger partial charge in [0.25, 0.3) is 0 Å². The zero-order valence-electron chi connectivity index (χ0n) is 19.0. The molecule has 4 aliphatic carbocycles. The number of hydrogen-bond acceptors (Lipinski definition) is 4. The van der Waals surface area contributed by atoms with Crippen molar-refractivity contribution in [2.24, 2.45) is 29.1 Å². The first-order valence-corrected chi connectivity index (χ1v) is 12.2. The number of nitrogens with one attached hydrogen (secondary N) is 1. The molecule has 1 heterocycles. The van der Waals surface area contributed by atoms with E-state index in [1.807, 2.05) is 0 Å². The molecule has 2 amide bonds. The van der Waals surface area contributed by atoms with Gasteiger partial charge in [-0.1, -0.05) is 0 Å². The van der Waals surface area contributed by atoms with Crippen LogP contribution >= 0.6 is 0 Å². The number of benzene rings is 1. The Kier molecular flexibility index (Phi) is 5.72. The fourth-order valence-corrected chi connectivity index (χ4v) is 7.23. The van der Waals surface area contributed by atoms with Crippen molar-refractivity contribution in [3.63, 3.8) is 0 Å². The van der Waals surface area contributed by atoms with Crippen LogP contribution < -0.4 is 10.1 Å². The molecule has 1 saturated heterocycles. The number of ketones is 1. The van der Waals surface area contributed by atoms with Crippen LogP contribution in [0.25, 0.3) is 0 Å². The van der Waals surface area contributed by atoms with Crippen LogP contribution in [0.2, 0.25) is 0 Å². The fourth-order valence-electron chi connectivity index (χ4n) is 7.23. The van der Waals surface area contributed by atoms with E-state index in [9.17, 15) is 14.4 Å². The number of carbonyl (C=O) groups excluding carboxylic acids is 3. The maximum atomic E-state index is 13.1. The summed E-state index contributed by atoms with van der Waals surface area (Å²) in [6, 6.07) is 7.22. The summed E-state index contributed by atoms with van der Waals surface area (Å²) in [4.78, 5) is 40.4. The summed E-state index contributed by atoms with van der Waals surface area (Å²) in [5.74, 6) is 3.02.